The third-order valence-corrected chi connectivity index (χ3v) is 2.28. The molecule has 13 heavy (non-hydrogen) atoms. The van der Waals surface area contributed by atoms with Gasteiger partial charge in [0.15, 0.2) is 0 Å². The van der Waals surface area contributed by atoms with Gasteiger partial charge in [0.2, 0.25) is 0 Å². The van der Waals surface area contributed by atoms with Crippen LogP contribution in [0.1, 0.15) is 26.7 Å². The summed E-state index contributed by atoms with van der Waals surface area (Å²) in [6.45, 7) is 7.39. The Morgan fingerprint density at radius 1 is 1.54 bits per heavy atom. The summed E-state index contributed by atoms with van der Waals surface area (Å²) in [7, 11) is -3.19. The van der Waals surface area contributed by atoms with Crippen LogP contribution in [-0.4, -0.2) is 10.9 Å². The standard InChI is InChI=1S/C8H15O4P/c1-4-7(5-2)6(3)8(9)12-13(10)11/h7,13H,3-5H2,1-2H3,(H,10,11). The van der Waals surface area contributed by atoms with E-state index in [1.165, 1.54) is 0 Å². The largest absolute Gasteiger partial charge is 0.390 e. The van der Waals surface area contributed by atoms with Gasteiger partial charge in [-0.15, -0.1) is 0 Å². The minimum absolute atomic E-state index is 0.0360. The molecule has 0 aromatic rings. The molecule has 4 nitrogen and oxygen atoms in total. The Balaban J connectivity index is 4.24. The first-order chi connectivity index (χ1) is 6.02. The molecule has 0 aliphatic carbocycles. The summed E-state index contributed by atoms with van der Waals surface area (Å²) in [4.78, 5) is 19.4. The number of hydrogen-bond acceptors (Lipinski definition) is 3. The molecule has 0 fully saturated rings. The molecule has 0 aliphatic rings. The van der Waals surface area contributed by atoms with Gasteiger partial charge in [0.25, 0.3) is 0 Å². The molecular weight excluding hydrogens is 191 g/mol. The maximum Gasteiger partial charge on any atom is 0.367 e. The molecule has 0 spiro atoms. The van der Waals surface area contributed by atoms with Crippen molar-refractivity contribution in [1.29, 1.82) is 0 Å². The van der Waals surface area contributed by atoms with Crippen LogP contribution in [0, 0.1) is 5.92 Å². The molecule has 0 aliphatic heterocycles. The van der Waals surface area contributed by atoms with Crippen molar-refractivity contribution < 1.29 is 18.8 Å². The highest BCUT2D eigenvalue weighted by atomic mass is 31.1. The Bertz CT molecular complexity index is 220. The van der Waals surface area contributed by atoms with E-state index < -0.39 is 14.2 Å². The maximum absolute atomic E-state index is 11.1. The van der Waals surface area contributed by atoms with E-state index in [1.807, 2.05) is 13.8 Å². The minimum atomic E-state index is -3.19. The van der Waals surface area contributed by atoms with Crippen LogP contribution in [0.3, 0.4) is 0 Å². The Morgan fingerprint density at radius 3 is 2.31 bits per heavy atom. The smallest absolute Gasteiger partial charge is 0.367 e. The highest BCUT2D eigenvalue weighted by molar-refractivity contribution is 7.32. The third kappa shape index (κ3) is 4.25. The summed E-state index contributed by atoms with van der Waals surface area (Å²) in [6.07, 6.45) is 1.55. The first-order valence-electron chi connectivity index (χ1n) is 4.16. The molecule has 1 unspecified atom stereocenters. The fraction of sp³-hybridized carbons (Fsp3) is 0.625. The van der Waals surface area contributed by atoms with Crippen LogP contribution in [0.25, 0.3) is 0 Å². The SMILES string of the molecule is C=C(C(=O)O[PH](=O)O)C(CC)CC. The van der Waals surface area contributed by atoms with E-state index in [0.29, 0.717) is 0 Å². The van der Waals surface area contributed by atoms with Crippen molar-refractivity contribution in [3.8, 4) is 0 Å². The Morgan fingerprint density at radius 2 is 2.00 bits per heavy atom. The maximum atomic E-state index is 11.1. The van der Waals surface area contributed by atoms with Crippen LogP contribution in [0.2, 0.25) is 0 Å². The topological polar surface area (TPSA) is 63.6 Å². The Labute approximate surface area is 78.6 Å². The van der Waals surface area contributed by atoms with Crippen LogP contribution in [0.4, 0.5) is 0 Å². The van der Waals surface area contributed by atoms with Crippen molar-refractivity contribution in [3.05, 3.63) is 12.2 Å². The van der Waals surface area contributed by atoms with Gasteiger partial charge in [0.1, 0.15) is 0 Å². The van der Waals surface area contributed by atoms with Gasteiger partial charge in [-0.3, -0.25) is 0 Å². The molecule has 0 saturated heterocycles. The molecule has 0 saturated carbocycles. The third-order valence-electron chi connectivity index (χ3n) is 1.92. The van der Waals surface area contributed by atoms with Crippen LogP contribution in [0.5, 0.6) is 0 Å². The van der Waals surface area contributed by atoms with Crippen LogP contribution in [0.15, 0.2) is 12.2 Å². The second-order valence-corrected chi connectivity index (χ2v) is 3.43. The molecule has 1 atom stereocenters. The van der Waals surface area contributed by atoms with E-state index >= 15 is 0 Å². The predicted octanol–water partition coefficient (Wildman–Crippen LogP) is 1.90. The number of carbonyl (C=O) groups is 1. The number of rotatable bonds is 5. The normalized spacial score (nSPS) is 12.6. The average molecular weight is 206 g/mol. The van der Waals surface area contributed by atoms with Gasteiger partial charge >= 0.3 is 14.2 Å². The van der Waals surface area contributed by atoms with E-state index in [9.17, 15) is 9.36 Å². The molecular formula is C8H15O4P. The Kier molecular flexibility index (Phi) is 5.67. The summed E-state index contributed by atoms with van der Waals surface area (Å²) in [5, 5.41) is 0. The van der Waals surface area contributed by atoms with Crippen molar-refractivity contribution in [2.24, 2.45) is 5.92 Å². The molecule has 1 N–H and O–H groups in total. The van der Waals surface area contributed by atoms with E-state index in [0.717, 1.165) is 12.8 Å². The summed E-state index contributed by atoms with van der Waals surface area (Å²) < 4.78 is 14.4. The Hall–Kier alpha value is -0.600. The number of hydrogen-bond donors (Lipinski definition) is 1. The van der Waals surface area contributed by atoms with E-state index in [4.69, 9.17) is 4.89 Å². The van der Waals surface area contributed by atoms with Gasteiger partial charge in [-0.25, -0.2) is 9.36 Å². The summed E-state index contributed by atoms with van der Waals surface area (Å²) in [5.41, 5.74) is 0.275. The molecule has 5 heteroatoms. The fourth-order valence-corrected chi connectivity index (χ4v) is 1.38. The minimum Gasteiger partial charge on any atom is -0.390 e. The first kappa shape index (κ1) is 12.4. The zero-order valence-corrected chi connectivity index (χ0v) is 8.87. The van der Waals surface area contributed by atoms with Crippen molar-refractivity contribution >= 4 is 14.2 Å². The van der Waals surface area contributed by atoms with E-state index in [-0.39, 0.29) is 11.5 Å². The van der Waals surface area contributed by atoms with Crippen LogP contribution in [-0.2, 0) is 13.9 Å². The van der Waals surface area contributed by atoms with Crippen molar-refractivity contribution in [2.75, 3.05) is 0 Å². The van der Waals surface area contributed by atoms with Gasteiger partial charge in [0.05, 0.1) is 0 Å². The highest BCUT2D eigenvalue weighted by Gasteiger charge is 2.18. The van der Waals surface area contributed by atoms with Gasteiger partial charge in [-0.2, -0.15) is 0 Å². The molecule has 0 rings (SSSR count). The predicted molar refractivity (Wildman–Crippen MR) is 50.5 cm³/mol. The zero-order valence-electron chi connectivity index (χ0n) is 7.87. The molecule has 0 radical (unpaired) electrons. The lowest BCUT2D eigenvalue weighted by Gasteiger charge is -2.13. The van der Waals surface area contributed by atoms with Crippen molar-refractivity contribution in [2.45, 2.75) is 26.7 Å². The quantitative estimate of drug-likeness (QED) is 0.551. The average Bonchev–Trinajstić information content (AvgIpc) is 2.05. The second kappa shape index (κ2) is 5.95. The fourth-order valence-electron chi connectivity index (χ4n) is 1.09. The molecule has 0 aromatic heterocycles. The molecule has 76 valence electrons. The molecule has 0 bridgehead atoms. The lowest BCUT2D eigenvalue weighted by atomic mass is 9.95. The molecule has 0 amide bonds. The monoisotopic (exact) mass is 206 g/mol. The second-order valence-electron chi connectivity index (χ2n) is 2.69. The lowest BCUT2D eigenvalue weighted by molar-refractivity contribution is -0.130. The van der Waals surface area contributed by atoms with Crippen molar-refractivity contribution in [1.82, 2.24) is 0 Å². The summed E-state index contributed by atoms with van der Waals surface area (Å²) >= 11 is 0. The van der Waals surface area contributed by atoms with Crippen LogP contribution < -0.4 is 0 Å². The van der Waals surface area contributed by atoms with Gasteiger partial charge in [-0.1, -0.05) is 20.4 Å². The lowest BCUT2D eigenvalue weighted by Crippen LogP contribution is -2.11. The van der Waals surface area contributed by atoms with Gasteiger partial charge in [0, 0.05) is 5.57 Å². The summed E-state index contributed by atoms with van der Waals surface area (Å²) in [6, 6.07) is 0. The van der Waals surface area contributed by atoms with Crippen LogP contribution >= 0.6 is 8.25 Å². The van der Waals surface area contributed by atoms with E-state index in [2.05, 4.69) is 11.1 Å². The first-order valence-corrected chi connectivity index (χ1v) is 5.43. The van der Waals surface area contributed by atoms with E-state index in [1.54, 1.807) is 0 Å². The number of carbonyl (C=O) groups excluding carboxylic acids is 1. The summed E-state index contributed by atoms with van der Waals surface area (Å²) in [5.74, 6) is -0.728. The van der Waals surface area contributed by atoms with Gasteiger partial charge in [-0.05, 0) is 18.8 Å². The zero-order chi connectivity index (χ0) is 10.4. The molecule has 0 aromatic carbocycles. The van der Waals surface area contributed by atoms with Crippen molar-refractivity contribution in [3.63, 3.8) is 0 Å². The highest BCUT2D eigenvalue weighted by Crippen LogP contribution is 2.23. The molecule has 0 heterocycles. The van der Waals surface area contributed by atoms with Gasteiger partial charge < -0.3 is 9.42 Å².